The van der Waals surface area contributed by atoms with Crippen LogP contribution in [0.2, 0.25) is 0 Å². The van der Waals surface area contributed by atoms with Crippen molar-refractivity contribution in [3.8, 4) is 0 Å². The van der Waals surface area contributed by atoms with Crippen molar-refractivity contribution in [2.24, 2.45) is 0 Å². The number of rotatable bonds is 6. The molecule has 0 aromatic heterocycles. The van der Waals surface area contributed by atoms with Crippen LogP contribution >= 0.6 is 0 Å². The molecule has 1 unspecified atom stereocenters. The van der Waals surface area contributed by atoms with Gasteiger partial charge in [-0.2, -0.15) is 0 Å². The minimum absolute atomic E-state index is 0.698. The highest BCUT2D eigenvalue weighted by Crippen LogP contribution is 1.97. The number of nitrogens with zero attached hydrogens (tertiary/aromatic N) is 1. The Morgan fingerprint density at radius 2 is 2.00 bits per heavy atom. The van der Waals surface area contributed by atoms with Gasteiger partial charge in [0.2, 0.25) is 0 Å². The molecule has 0 aliphatic carbocycles. The molecule has 68 valence electrons. The molecular formula is C9H22N2. The molecule has 1 N–H and O–H groups in total. The van der Waals surface area contributed by atoms with E-state index < -0.39 is 0 Å². The maximum Gasteiger partial charge on any atom is 0.00736 e. The van der Waals surface area contributed by atoms with Crippen molar-refractivity contribution in [2.75, 3.05) is 27.2 Å². The molecule has 0 rings (SSSR count). The zero-order chi connectivity index (χ0) is 8.69. The van der Waals surface area contributed by atoms with Crippen molar-refractivity contribution in [3.63, 3.8) is 0 Å². The lowest BCUT2D eigenvalue weighted by Gasteiger charge is -2.18. The van der Waals surface area contributed by atoms with Gasteiger partial charge in [-0.15, -0.1) is 0 Å². The van der Waals surface area contributed by atoms with Gasteiger partial charge in [0.05, 0.1) is 0 Å². The van der Waals surface area contributed by atoms with Gasteiger partial charge in [0, 0.05) is 6.04 Å². The van der Waals surface area contributed by atoms with Crippen LogP contribution in [0.1, 0.15) is 26.7 Å². The molecule has 11 heavy (non-hydrogen) atoms. The Morgan fingerprint density at radius 3 is 2.36 bits per heavy atom. The molecule has 1 atom stereocenters. The Morgan fingerprint density at radius 1 is 1.36 bits per heavy atom. The number of hydrogen-bond donors (Lipinski definition) is 1. The van der Waals surface area contributed by atoms with E-state index in [0.29, 0.717) is 6.04 Å². The van der Waals surface area contributed by atoms with Crippen LogP contribution in [0.25, 0.3) is 0 Å². The molecule has 0 heterocycles. The number of nitrogens with one attached hydrogen (secondary N) is 1. The second kappa shape index (κ2) is 6.62. The minimum Gasteiger partial charge on any atom is -0.317 e. The Hall–Kier alpha value is -0.0800. The zero-order valence-corrected chi connectivity index (χ0v) is 8.35. The first-order chi connectivity index (χ1) is 5.24. The molecule has 0 saturated carbocycles. The highest BCUT2D eigenvalue weighted by Gasteiger charge is 2.03. The molecule has 0 radical (unpaired) electrons. The first-order valence-corrected chi connectivity index (χ1v) is 4.60. The van der Waals surface area contributed by atoms with Gasteiger partial charge in [0.1, 0.15) is 0 Å². The molecule has 0 aromatic rings. The molecule has 0 bridgehead atoms. The van der Waals surface area contributed by atoms with E-state index in [0.717, 1.165) is 6.54 Å². The molecule has 0 aliphatic rings. The molecule has 0 aromatic carbocycles. The smallest absolute Gasteiger partial charge is 0.00736 e. The van der Waals surface area contributed by atoms with Crippen molar-refractivity contribution in [3.05, 3.63) is 0 Å². The van der Waals surface area contributed by atoms with Gasteiger partial charge in [-0.3, -0.25) is 0 Å². The summed E-state index contributed by atoms with van der Waals surface area (Å²) in [5, 5.41) is 3.30. The average Bonchev–Trinajstić information content (AvgIpc) is 2.06. The third-order valence-electron chi connectivity index (χ3n) is 2.30. The largest absolute Gasteiger partial charge is 0.317 e. The van der Waals surface area contributed by atoms with E-state index in [-0.39, 0.29) is 0 Å². The molecule has 0 fully saturated rings. The van der Waals surface area contributed by atoms with Crippen LogP contribution in [-0.4, -0.2) is 38.1 Å². The Bertz CT molecular complexity index is 79.6. The fourth-order valence-corrected chi connectivity index (χ4v) is 1.09. The van der Waals surface area contributed by atoms with Crippen molar-refractivity contribution in [1.82, 2.24) is 10.2 Å². The van der Waals surface area contributed by atoms with Gasteiger partial charge in [-0.05, 0) is 40.0 Å². The second-order valence-electron chi connectivity index (χ2n) is 3.08. The molecular weight excluding hydrogens is 136 g/mol. The highest BCUT2D eigenvalue weighted by molar-refractivity contribution is 4.63. The fourth-order valence-electron chi connectivity index (χ4n) is 1.09. The summed E-state index contributed by atoms with van der Waals surface area (Å²) in [6.45, 7) is 6.78. The quantitative estimate of drug-likeness (QED) is 0.627. The van der Waals surface area contributed by atoms with Gasteiger partial charge in [0.15, 0.2) is 0 Å². The summed E-state index contributed by atoms with van der Waals surface area (Å²) in [5.74, 6) is 0. The standard InChI is InChI=1S/C9H22N2/c1-5-9(10-3)7-8-11(4)6-2/h9-10H,5-8H2,1-4H3. The average molecular weight is 158 g/mol. The lowest BCUT2D eigenvalue weighted by molar-refractivity contribution is 0.322. The van der Waals surface area contributed by atoms with Crippen LogP contribution < -0.4 is 5.32 Å². The molecule has 0 spiro atoms. The molecule has 0 aliphatic heterocycles. The van der Waals surface area contributed by atoms with Crippen molar-refractivity contribution in [2.45, 2.75) is 32.7 Å². The van der Waals surface area contributed by atoms with Crippen LogP contribution in [0.3, 0.4) is 0 Å². The zero-order valence-electron chi connectivity index (χ0n) is 8.35. The van der Waals surface area contributed by atoms with E-state index >= 15 is 0 Å². The SMILES string of the molecule is CCC(CCN(C)CC)NC. The third-order valence-corrected chi connectivity index (χ3v) is 2.30. The van der Waals surface area contributed by atoms with Crippen LogP contribution in [0.5, 0.6) is 0 Å². The molecule has 0 saturated heterocycles. The summed E-state index contributed by atoms with van der Waals surface area (Å²) in [5.41, 5.74) is 0. The maximum absolute atomic E-state index is 3.30. The molecule has 0 amide bonds. The van der Waals surface area contributed by atoms with E-state index in [1.807, 2.05) is 7.05 Å². The van der Waals surface area contributed by atoms with Crippen molar-refractivity contribution in [1.29, 1.82) is 0 Å². The van der Waals surface area contributed by atoms with E-state index in [4.69, 9.17) is 0 Å². The maximum atomic E-state index is 3.30. The summed E-state index contributed by atoms with van der Waals surface area (Å²) in [4.78, 5) is 2.35. The van der Waals surface area contributed by atoms with Gasteiger partial charge < -0.3 is 10.2 Å². The van der Waals surface area contributed by atoms with Gasteiger partial charge >= 0.3 is 0 Å². The summed E-state index contributed by atoms with van der Waals surface area (Å²) >= 11 is 0. The predicted octanol–water partition coefficient (Wildman–Crippen LogP) is 1.33. The summed E-state index contributed by atoms with van der Waals surface area (Å²) in [7, 11) is 4.21. The fraction of sp³-hybridized carbons (Fsp3) is 1.00. The van der Waals surface area contributed by atoms with Crippen LogP contribution in [0, 0.1) is 0 Å². The van der Waals surface area contributed by atoms with Gasteiger partial charge in [-0.25, -0.2) is 0 Å². The van der Waals surface area contributed by atoms with Crippen LogP contribution in [0.4, 0.5) is 0 Å². The first-order valence-electron chi connectivity index (χ1n) is 4.60. The Kier molecular flexibility index (Phi) is 6.57. The first kappa shape index (κ1) is 10.9. The topological polar surface area (TPSA) is 15.3 Å². The minimum atomic E-state index is 0.698. The highest BCUT2D eigenvalue weighted by atomic mass is 15.1. The summed E-state index contributed by atoms with van der Waals surface area (Å²) in [6, 6.07) is 0.698. The van der Waals surface area contributed by atoms with Crippen LogP contribution in [0.15, 0.2) is 0 Å². The predicted molar refractivity (Wildman–Crippen MR) is 50.9 cm³/mol. The van der Waals surface area contributed by atoms with Crippen molar-refractivity contribution >= 4 is 0 Å². The molecule has 2 heteroatoms. The lowest BCUT2D eigenvalue weighted by atomic mass is 10.1. The van der Waals surface area contributed by atoms with Gasteiger partial charge in [-0.1, -0.05) is 13.8 Å². The molecule has 2 nitrogen and oxygen atoms in total. The van der Waals surface area contributed by atoms with E-state index in [1.54, 1.807) is 0 Å². The van der Waals surface area contributed by atoms with Crippen molar-refractivity contribution < 1.29 is 0 Å². The monoisotopic (exact) mass is 158 g/mol. The van der Waals surface area contributed by atoms with E-state index in [1.165, 1.54) is 19.4 Å². The van der Waals surface area contributed by atoms with E-state index in [9.17, 15) is 0 Å². The second-order valence-corrected chi connectivity index (χ2v) is 3.08. The lowest BCUT2D eigenvalue weighted by Crippen LogP contribution is -2.30. The van der Waals surface area contributed by atoms with Gasteiger partial charge in [0.25, 0.3) is 0 Å². The Labute approximate surface area is 71.0 Å². The Balaban J connectivity index is 3.34. The third kappa shape index (κ3) is 5.22. The summed E-state index contributed by atoms with van der Waals surface area (Å²) in [6.07, 6.45) is 2.49. The summed E-state index contributed by atoms with van der Waals surface area (Å²) < 4.78 is 0. The van der Waals surface area contributed by atoms with Crippen LogP contribution in [-0.2, 0) is 0 Å². The van der Waals surface area contributed by atoms with E-state index in [2.05, 4.69) is 31.1 Å². The normalized spacial score (nSPS) is 13.9. The number of hydrogen-bond acceptors (Lipinski definition) is 2.